The molecule has 0 unspecified atom stereocenters. The van der Waals surface area contributed by atoms with E-state index in [2.05, 4.69) is 5.32 Å². The summed E-state index contributed by atoms with van der Waals surface area (Å²) < 4.78 is 11.3. The van der Waals surface area contributed by atoms with Crippen molar-refractivity contribution in [2.24, 2.45) is 0 Å². The number of carbonyl (C=O) groups excluding carboxylic acids is 1. The van der Waals surface area contributed by atoms with E-state index in [9.17, 15) is 4.79 Å². The van der Waals surface area contributed by atoms with E-state index in [-0.39, 0.29) is 5.91 Å². The first-order valence-corrected chi connectivity index (χ1v) is 9.94. The Balaban J connectivity index is 1.67. The van der Waals surface area contributed by atoms with E-state index in [1.165, 1.54) is 6.08 Å². The molecule has 0 aliphatic carbocycles. The summed E-state index contributed by atoms with van der Waals surface area (Å²) in [7, 11) is 1.59. The van der Waals surface area contributed by atoms with Crippen LogP contribution in [0.5, 0.6) is 11.5 Å². The molecule has 0 aliphatic rings. The predicted octanol–water partition coefficient (Wildman–Crippen LogP) is 6.20. The molecule has 0 aromatic heterocycles. The molecule has 0 bridgehead atoms. The molecule has 0 saturated heterocycles. The topological polar surface area (TPSA) is 47.6 Å². The van der Waals surface area contributed by atoms with Gasteiger partial charge in [0, 0.05) is 6.08 Å². The number of nitrogens with one attached hydrogen (secondary N) is 1. The molecule has 3 aromatic rings. The van der Waals surface area contributed by atoms with Crippen molar-refractivity contribution in [3.63, 3.8) is 0 Å². The summed E-state index contributed by atoms with van der Waals surface area (Å²) in [5, 5.41) is 3.36. The van der Waals surface area contributed by atoms with Crippen molar-refractivity contribution < 1.29 is 14.3 Å². The number of halogens is 1. The van der Waals surface area contributed by atoms with Gasteiger partial charge in [-0.2, -0.15) is 0 Å². The van der Waals surface area contributed by atoms with Gasteiger partial charge in [-0.3, -0.25) is 4.79 Å². The Morgan fingerprint density at radius 3 is 2.50 bits per heavy atom. The van der Waals surface area contributed by atoms with Gasteiger partial charge in [0.25, 0.3) is 0 Å². The fourth-order valence-corrected chi connectivity index (χ4v) is 3.42. The summed E-state index contributed by atoms with van der Waals surface area (Å²) in [6.45, 7) is 4.33. The molecule has 0 atom stereocenters. The summed E-state index contributed by atoms with van der Waals surface area (Å²) in [6, 6.07) is 19.3. The Labute approximate surface area is 182 Å². The number of methoxy groups -OCH3 is 1. The lowest BCUT2D eigenvalue weighted by molar-refractivity contribution is -0.111. The van der Waals surface area contributed by atoms with E-state index in [0.717, 1.165) is 22.3 Å². The Bertz CT molecular complexity index is 1040. The maximum Gasteiger partial charge on any atom is 0.248 e. The molecular weight excluding hydrogens is 398 g/mol. The fourth-order valence-electron chi connectivity index (χ4n) is 3.05. The maximum absolute atomic E-state index is 12.3. The number of benzene rings is 3. The second-order valence-electron chi connectivity index (χ2n) is 6.95. The number of hydrogen-bond acceptors (Lipinski definition) is 3. The molecule has 4 nitrogen and oxygen atoms in total. The molecule has 30 heavy (non-hydrogen) atoms. The van der Waals surface area contributed by atoms with Crippen LogP contribution in [0.3, 0.4) is 0 Å². The van der Waals surface area contributed by atoms with Crippen LogP contribution >= 0.6 is 11.6 Å². The zero-order valence-electron chi connectivity index (χ0n) is 17.2. The van der Waals surface area contributed by atoms with Crippen molar-refractivity contribution in [2.75, 3.05) is 12.4 Å². The zero-order chi connectivity index (χ0) is 21.5. The number of ether oxygens (including phenoxy) is 2. The maximum atomic E-state index is 12.3. The molecule has 3 aromatic carbocycles. The van der Waals surface area contributed by atoms with E-state index in [0.29, 0.717) is 28.8 Å². The number of amides is 1. The number of hydrogen-bond donors (Lipinski definition) is 1. The third-order valence-electron chi connectivity index (χ3n) is 4.53. The molecule has 1 N–H and O–H groups in total. The Hall–Kier alpha value is -3.24. The minimum Gasteiger partial charge on any atom is -0.493 e. The molecule has 0 aliphatic heterocycles. The normalized spacial score (nSPS) is 10.8. The standard InChI is InChI=1S/C25H24ClNO3/c1-17-13-18(2)25(21(26)14-17)27-24(28)12-10-19-9-11-22(23(15-19)29-3)30-16-20-7-5-4-6-8-20/h4-15H,16H2,1-3H3,(H,27,28)/b12-10+. The lowest BCUT2D eigenvalue weighted by atomic mass is 10.1. The van der Waals surface area contributed by atoms with Crippen molar-refractivity contribution in [1.29, 1.82) is 0 Å². The smallest absolute Gasteiger partial charge is 0.248 e. The molecule has 0 heterocycles. The van der Waals surface area contributed by atoms with Crippen LogP contribution in [-0.2, 0) is 11.4 Å². The van der Waals surface area contributed by atoms with Crippen LogP contribution in [0.2, 0.25) is 5.02 Å². The summed E-state index contributed by atoms with van der Waals surface area (Å²) in [6.07, 6.45) is 3.19. The minimum atomic E-state index is -0.257. The Kier molecular flexibility index (Phi) is 7.15. The van der Waals surface area contributed by atoms with Crippen molar-refractivity contribution >= 4 is 29.3 Å². The quantitative estimate of drug-likeness (QED) is 0.462. The van der Waals surface area contributed by atoms with Gasteiger partial charge in [0.1, 0.15) is 6.61 Å². The molecule has 0 radical (unpaired) electrons. The second kappa shape index (κ2) is 9.99. The van der Waals surface area contributed by atoms with Crippen LogP contribution in [0, 0.1) is 13.8 Å². The Morgan fingerprint density at radius 2 is 1.80 bits per heavy atom. The highest BCUT2D eigenvalue weighted by Crippen LogP contribution is 2.30. The molecule has 3 rings (SSSR count). The lowest BCUT2D eigenvalue weighted by Gasteiger charge is -2.12. The van der Waals surface area contributed by atoms with Crippen LogP contribution < -0.4 is 14.8 Å². The van der Waals surface area contributed by atoms with Gasteiger partial charge in [-0.1, -0.05) is 54.1 Å². The van der Waals surface area contributed by atoms with E-state index in [1.807, 2.05) is 74.5 Å². The van der Waals surface area contributed by atoms with E-state index in [1.54, 1.807) is 13.2 Å². The molecule has 1 amide bonds. The minimum absolute atomic E-state index is 0.257. The van der Waals surface area contributed by atoms with Crippen molar-refractivity contribution in [3.05, 3.63) is 94.0 Å². The monoisotopic (exact) mass is 421 g/mol. The second-order valence-corrected chi connectivity index (χ2v) is 7.35. The lowest BCUT2D eigenvalue weighted by Crippen LogP contribution is -2.09. The van der Waals surface area contributed by atoms with Crippen LogP contribution in [-0.4, -0.2) is 13.0 Å². The van der Waals surface area contributed by atoms with Gasteiger partial charge in [0.15, 0.2) is 11.5 Å². The third kappa shape index (κ3) is 5.65. The van der Waals surface area contributed by atoms with Gasteiger partial charge in [-0.05, 0) is 60.4 Å². The highest BCUT2D eigenvalue weighted by molar-refractivity contribution is 6.34. The SMILES string of the molecule is COc1cc(/C=C/C(=O)Nc2c(C)cc(C)cc2Cl)ccc1OCc1ccccc1. The molecule has 154 valence electrons. The largest absolute Gasteiger partial charge is 0.493 e. The van der Waals surface area contributed by atoms with Gasteiger partial charge in [-0.15, -0.1) is 0 Å². The van der Waals surface area contributed by atoms with Crippen molar-refractivity contribution in [1.82, 2.24) is 0 Å². The van der Waals surface area contributed by atoms with E-state index in [4.69, 9.17) is 21.1 Å². The number of aryl methyl sites for hydroxylation is 2. The van der Waals surface area contributed by atoms with Crippen LogP contribution in [0.25, 0.3) is 6.08 Å². The molecule has 0 saturated carbocycles. The van der Waals surface area contributed by atoms with Crippen molar-refractivity contribution in [2.45, 2.75) is 20.5 Å². The van der Waals surface area contributed by atoms with Gasteiger partial charge in [-0.25, -0.2) is 0 Å². The molecular formula is C25H24ClNO3. The van der Waals surface area contributed by atoms with Gasteiger partial charge >= 0.3 is 0 Å². The molecule has 0 fully saturated rings. The highest BCUT2D eigenvalue weighted by Gasteiger charge is 2.09. The summed E-state index contributed by atoms with van der Waals surface area (Å²) in [5.74, 6) is 0.989. The first kappa shape index (κ1) is 21.5. The average Bonchev–Trinajstić information content (AvgIpc) is 2.74. The van der Waals surface area contributed by atoms with Crippen LogP contribution in [0.4, 0.5) is 5.69 Å². The first-order chi connectivity index (χ1) is 14.5. The summed E-state index contributed by atoms with van der Waals surface area (Å²) >= 11 is 6.26. The number of carbonyl (C=O) groups is 1. The van der Waals surface area contributed by atoms with Crippen LogP contribution in [0.1, 0.15) is 22.3 Å². The van der Waals surface area contributed by atoms with Gasteiger partial charge in [0.05, 0.1) is 17.8 Å². The average molecular weight is 422 g/mol. The first-order valence-electron chi connectivity index (χ1n) is 9.57. The number of anilines is 1. The third-order valence-corrected chi connectivity index (χ3v) is 4.83. The molecule has 5 heteroatoms. The van der Waals surface area contributed by atoms with Crippen molar-refractivity contribution in [3.8, 4) is 11.5 Å². The van der Waals surface area contributed by atoms with Crippen LogP contribution in [0.15, 0.2) is 66.7 Å². The van der Waals surface area contributed by atoms with E-state index < -0.39 is 0 Å². The summed E-state index contributed by atoms with van der Waals surface area (Å²) in [5.41, 5.74) is 4.49. The van der Waals surface area contributed by atoms with Gasteiger partial charge in [0.2, 0.25) is 5.91 Å². The molecule has 0 spiro atoms. The zero-order valence-corrected chi connectivity index (χ0v) is 18.0. The highest BCUT2D eigenvalue weighted by atomic mass is 35.5. The number of rotatable bonds is 7. The summed E-state index contributed by atoms with van der Waals surface area (Å²) in [4.78, 5) is 12.3. The van der Waals surface area contributed by atoms with Gasteiger partial charge < -0.3 is 14.8 Å². The predicted molar refractivity (Wildman–Crippen MR) is 122 cm³/mol. The fraction of sp³-hybridized carbons (Fsp3) is 0.160. The Morgan fingerprint density at radius 1 is 1.03 bits per heavy atom. The van der Waals surface area contributed by atoms with E-state index >= 15 is 0 Å².